The van der Waals surface area contributed by atoms with E-state index in [9.17, 15) is 4.79 Å². The van der Waals surface area contributed by atoms with Crippen molar-refractivity contribution in [3.8, 4) is 11.5 Å². The minimum absolute atomic E-state index is 0.164. The van der Waals surface area contributed by atoms with E-state index in [4.69, 9.17) is 9.47 Å². The number of aromatic nitrogens is 1. The average molecular weight is 362 g/mol. The van der Waals surface area contributed by atoms with Crippen molar-refractivity contribution in [3.05, 3.63) is 83.7 Å². The number of hydrogen-bond acceptors (Lipinski definition) is 4. The Bertz CT molecular complexity index is 893. The quantitative estimate of drug-likeness (QED) is 0.673. The molecule has 27 heavy (non-hydrogen) atoms. The fourth-order valence-electron chi connectivity index (χ4n) is 2.60. The zero-order valence-corrected chi connectivity index (χ0v) is 15.4. The predicted octanol–water partition coefficient (Wildman–Crippen LogP) is 4.48. The minimum Gasteiger partial charge on any atom is -0.493 e. The Hall–Kier alpha value is -3.34. The van der Waals surface area contributed by atoms with Crippen molar-refractivity contribution < 1.29 is 14.3 Å². The standard InChI is InChI=1S/C22H22N2O3/c1-3-16-4-6-18(7-5-16)22(25)24-19-8-9-20(26-2)21(14-19)27-15-17-10-12-23-13-11-17/h4-14H,3,15H2,1-2H3,(H,24,25). The van der Waals surface area contributed by atoms with E-state index in [-0.39, 0.29) is 5.91 Å². The van der Waals surface area contributed by atoms with Gasteiger partial charge in [-0.15, -0.1) is 0 Å². The predicted molar refractivity (Wildman–Crippen MR) is 105 cm³/mol. The second-order valence-corrected chi connectivity index (χ2v) is 6.01. The molecule has 1 N–H and O–H groups in total. The number of carbonyl (C=O) groups excluding carboxylic acids is 1. The number of ether oxygens (including phenoxy) is 2. The van der Waals surface area contributed by atoms with Gasteiger partial charge in [-0.3, -0.25) is 9.78 Å². The summed E-state index contributed by atoms with van der Waals surface area (Å²) >= 11 is 0. The molecule has 2 aromatic carbocycles. The first-order valence-corrected chi connectivity index (χ1v) is 8.79. The second kappa shape index (κ2) is 8.85. The smallest absolute Gasteiger partial charge is 0.255 e. The van der Waals surface area contributed by atoms with Crippen LogP contribution in [-0.4, -0.2) is 18.0 Å². The van der Waals surface area contributed by atoms with Gasteiger partial charge in [-0.1, -0.05) is 19.1 Å². The first kappa shape index (κ1) is 18.5. The topological polar surface area (TPSA) is 60.5 Å². The summed E-state index contributed by atoms with van der Waals surface area (Å²) in [6.45, 7) is 2.47. The van der Waals surface area contributed by atoms with E-state index in [1.807, 2.05) is 36.4 Å². The summed E-state index contributed by atoms with van der Waals surface area (Å²) in [5.74, 6) is 1.01. The van der Waals surface area contributed by atoms with Crippen LogP contribution >= 0.6 is 0 Å². The number of hydrogen-bond donors (Lipinski definition) is 1. The third kappa shape index (κ3) is 4.85. The zero-order valence-electron chi connectivity index (χ0n) is 15.4. The van der Waals surface area contributed by atoms with Crippen LogP contribution in [0.1, 0.15) is 28.4 Å². The molecule has 0 aliphatic carbocycles. The maximum Gasteiger partial charge on any atom is 0.255 e. The molecule has 5 nitrogen and oxygen atoms in total. The van der Waals surface area contributed by atoms with Gasteiger partial charge in [-0.05, 0) is 53.9 Å². The molecule has 0 aliphatic rings. The Balaban J connectivity index is 1.72. The van der Waals surface area contributed by atoms with Crippen LogP contribution in [0.3, 0.4) is 0 Å². The third-order valence-electron chi connectivity index (χ3n) is 4.19. The van der Waals surface area contributed by atoms with Gasteiger partial charge in [0.05, 0.1) is 7.11 Å². The summed E-state index contributed by atoms with van der Waals surface area (Å²) in [4.78, 5) is 16.5. The SMILES string of the molecule is CCc1ccc(C(=O)Nc2ccc(OC)c(OCc3ccncc3)c2)cc1. The molecule has 138 valence electrons. The first-order chi connectivity index (χ1) is 13.2. The first-order valence-electron chi connectivity index (χ1n) is 8.79. The zero-order chi connectivity index (χ0) is 19.1. The van der Waals surface area contributed by atoms with Gasteiger partial charge in [0, 0.05) is 29.7 Å². The van der Waals surface area contributed by atoms with E-state index in [0.29, 0.717) is 29.4 Å². The van der Waals surface area contributed by atoms with Crippen molar-refractivity contribution in [2.75, 3.05) is 12.4 Å². The molecule has 0 saturated carbocycles. The molecule has 0 bridgehead atoms. The van der Waals surface area contributed by atoms with E-state index in [0.717, 1.165) is 12.0 Å². The summed E-state index contributed by atoms with van der Waals surface area (Å²) in [5, 5.41) is 2.90. The summed E-state index contributed by atoms with van der Waals surface area (Å²) in [5.41, 5.74) is 3.45. The van der Waals surface area contributed by atoms with E-state index in [1.54, 1.807) is 37.7 Å². The normalized spacial score (nSPS) is 10.3. The summed E-state index contributed by atoms with van der Waals surface area (Å²) in [6.07, 6.45) is 4.38. The number of anilines is 1. The molecular formula is C22H22N2O3. The van der Waals surface area contributed by atoms with Gasteiger partial charge in [0.1, 0.15) is 6.61 Å². The van der Waals surface area contributed by atoms with Crippen molar-refractivity contribution in [2.45, 2.75) is 20.0 Å². The van der Waals surface area contributed by atoms with E-state index < -0.39 is 0 Å². The molecule has 3 aromatic rings. The van der Waals surface area contributed by atoms with Gasteiger partial charge in [0.2, 0.25) is 0 Å². The van der Waals surface area contributed by atoms with Gasteiger partial charge in [0.15, 0.2) is 11.5 Å². The third-order valence-corrected chi connectivity index (χ3v) is 4.19. The molecule has 0 aliphatic heterocycles. The number of nitrogens with one attached hydrogen (secondary N) is 1. The number of benzene rings is 2. The van der Waals surface area contributed by atoms with Crippen LogP contribution in [0.15, 0.2) is 67.0 Å². The van der Waals surface area contributed by atoms with Crippen LogP contribution in [0, 0.1) is 0 Å². The van der Waals surface area contributed by atoms with Crippen LogP contribution in [0.5, 0.6) is 11.5 Å². The summed E-state index contributed by atoms with van der Waals surface area (Å²) in [7, 11) is 1.59. The Morgan fingerprint density at radius 2 is 1.70 bits per heavy atom. The molecule has 0 radical (unpaired) electrons. The van der Waals surface area contributed by atoms with Gasteiger partial charge in [0.25, 0.3) is 5.91 Å². The molecule has 0 unspecified atom stereocenters. The Kier molecular flexibility index (Phi) is 6.05. The second-order valence-electron chi connectivity index (χ2n) is 6.01. The Labute approximate surface area is 159 Å². The molecule has 1 heterocycles. The molecule has 0 fully saturated rings. The molecular weight excluding hydrogens is 340 g/mol. The van der Waals surface area contributed by atoms with E-state index in [1.165, 1.54) is 5.56 Å². The molecule has 1 aromatic heterocycles. The maximum absolute atomic E-state index is 12.5. The molecule has 5 heteroatoms. The van der Waals surface area contributed by atoms with Crippen LogP contribution in [0.4, 0.5) is 5.69 Å². The van der Waals surface area contributed by atoms with Gasteiger partial charge < -0.3 is 14.8 Å². The summed E-state index contributed by atoms with van der Waals surface area (Å²) in [6, 6.07) is 16.7. The average Bonchev–Trinajstić information content (AvgIpc) is 2.73. The number of pyridine rings is 1. The maximum atomic E-state index is 12.5. The van der Waals surface area contributed by atoms with Gasteiger partial charge >= 0.3 is 0 Å². The molecule has 1 amide bonds. The van der Waals surface area contributed by atoms with Crippen LogP contribution in [0.2, 0.25) is 0 Å². The van der Waals surface area contributed by atoms with Crippen LogP contribution in [-0.2, 0) is 13.0 Å². The largest absolute Gasteiger partial charge is 0.493 e. The van der Waals surface area contributed by atoms with Gasteiger partial charge in [-0.25, -0.2) is 0 Å². The van der Waals surface area contributed by atoms with Crippen molar-refractivity contribution >= 4 is 11.6 Å². The highest BCUT2D eigenvalue weighted by Gasteiger charge is 2.10. The minimum atomic E-state index is -0.164. The van der Waals surface area contributed by atoms with Crippen LogP contribution in [0.25, 0.3) is 0 Å². The van der Waals surface area contributed by atoms with Crippen molar-refractivity contribution in [1.82, 2.24) is 4.98 Å². The lowest BCUT2D eigenvalue weighted by molar-refractivity contribution is 0.102. The number of methoxy groups -OCH3 is 1. The number of rotatable bonds is 7. The lowest BCUT2D eigenvalue weighted by Gasteiger charge is -2.13. The van der Waals surface area contributed by atoms with E-state index >= 15 is 0 Å². The van der Waals surface area contributed by atoms with Gasteiger partial charge in [-0.2, -0.15) is 0 Å². The number of aryl methyl sites for hydroxylation is 1. The lowest BCUT2D eigenvalue weighted by Crippen LogP contribution is -2.12. The lowest BCUT2D eigenvalue weighted by atomic mass is 10.1. The fourth-order valence-corrected chi connectivity index (χ4v) is 2.60. The number of carbonyl (C=O) groups is 1. The fraction of sp³-hybridized carbons (Fsp3) is 0.182. The highest BCUT2D eigenvalue weighted by atomic mass is 16.5. The molecule has 3 rings (SSSR count). The number of nitrogens with zero attached hydrogens (tertiary/aromatic N) is 1. The van der Waals surface area contributed by atoms with Crippen LogP contribution < -0.4 is 14.8 Å². The van der Waals surface area contributed by atoms with E-state index in [2.05, 4.69) is 17.2 Å². The monoisotopic (exact) mass is 362 g/mol. The van der Waals surface area contributed by atoms with Crippen molar-refractivity contribution in [2.24, 2.45) is 0 Å². The molecule has 0 saturated heterocycles. The highest BCUT2D eigenvalue weighted by Crippen LogP contribution is 2.31. The summed E-state index contributed by atoms with van der Waals surface area (Å²) < 4.78 is 11.2. The molecule has 0 atom stereocenters. The highest BCUT2D eigenvalue weighted by molar-refractivity contribution is 6.04. The Morgan fingerprint density at radius 1 is 0.963 bits per heavy atom. The molecule has 0 spiro atoms. The Morgan fingerprint density at radius 3 is 2.37 bits per heavy atom. The van der Waals surface area contributed by atoms with Crippen molar-refractivity contribution in [3.63, 3.8) is 0 Å². The number of amides is 1. The van der Waals surface area contributed by atoms with Crippen molar-refractivity contribution in [1.29, 1.82) is 0 Å².